The Bertz CT molecular complexity index is 184. The van der Waals surface area contributed by atoms with Crippen LogP contribution in [-0.2, 0) is 9.53 Å². The van der Waals surface area contributed by atoms with Gasteiger partial charge in [0.15, 0.2) is 0 Å². The summed E-state index contributed by atoms with van der Waals surface area (Å²) in [5.74, 6) is 0.0312. The normalized spacial score (nSPS) is 12.8. The summed E-state index contributed by atoms with van der Waals surface area (Å²) >= 11 is 0. The van der Waals surface area contributed by atoms with E-state index >= 15 is 0 Å². The van der Waals surface area contributed by atoms with E-state index in [1.165, 1.54) is 0 Å². The molecule has 0 aliphatic heterocycles. The Hall–Kier alpha value is -0.650. The maximum Gasteiger partial charge on any atom is 0.246 e. The Morgan fingerprint density at radius 1 is 1.44 bits per heavy atom. The van der Waals surface area contributed by atoms with Gasteiger partial charge in [0.1, 0.15) is 6.61 Å². The molecule has 0 rings (SSSR count). The van der Waals surface area contributed by atoms with Crippen molar-refractivity contribution in [2.45, 2.75) is 32.8 Å². The molecule has 16 heavy (non-hydrogen) atoms. The second-order valence-corrected chi connectivity index (χ2v) is 3.79. The molecule has 0 radical (unpaired) electrons. The molecule has 96 valence electrons. The van der Waals surface area contributed by atoms with Crippen molar-refractivity contribution in [1.82, 2.24) is 5.32 Å². The standard InChI is InChI=1S/C11H24N2O3/c1-3-9(4-2)10(14)7-13-11(15)8-16-6-5-12/h9-10,14H,3-8,12H2,1-2H3,(H,13,15). The Labute approximate surface area is 97.3 Å². The number of aliphatic hydroxyl groups is 1. The van der Waals surface area contributed by atoms with E-state index in [2.05, 4.69) is 5.32 Å². The van der Waals surface area contributed by atoms with Gasteiger partial charge in [-0.3, -0.25) is 4.79 Å². The molecule has 0 aromatic carbocycles. The van der Waals surface area contributed by atoms with Crippen molar-refractivity contribution in [2.24, 2.45) is 11.7 Å². The third kappa shape index (κ3) is 6.76. The van der Waals surface area contributed by atoms with Gasteiger partial charge >= 0.3 is 0 Å². The fourth-order valence-corrected chi connectivity index (χ4v) is 1.52. The maximum atomic E-state index is 11.2. The maximum absolute atomic E-state index is 11.2. The Balaban J connectivity index is 3.65. The van der Waals surface area contributed by atoms with Gasteiger partial charge in [0.2, 0.25) is 5.91 Å². The van der Waals surface area contributed by atoms with Gasteiger partial charge in [0, 0.05) is 13.1 Å². The quantitative estimate of drug-likeness (QED) is 0.484. The smallest absolute Gasteiger partial charge is 0.246 e. The highest BCUT2D eigenvalue weighted by molar-refractivity contribution is 5.77. The van der Waals surface area contributed by atoms with Crippen LogP contribution in [-0.4, -0.2) is 43.4 Å². The van der Waals surface area contributed by atoms with E-state index < -0.39 is 6.10 Å². The molecule has 0 bridgehead atoms. The molecule has 5 heteroatoms. The number of nitrogens with two attached hydrogens (primary N) is 1. The van der Waals surface area contributed by atoms with E-state index in [4.69, 9.17) is 10.5 Å². The summed E-state index contributed by atoms with van der Waals surface area (Å²) in [6, 6.07) is 0. The number of ether oxygens (including phenoxy) is 1. The van der Waals surface area contributed by atoms with E-state index in [1.54, 1.807) is 0 Å². The minimum atomic E-state index is -0.478. The topological polar surface area (TPSA) is 84.6 Å². The lowest BCUT2D eigenvalue weighted by molar-refractivity contribution is -0.126. The van der Waals surface area contributed by atoms with Gasteiger partial charge < -0.3 is 20.9 Å². The lowest BCUT2D eigenvalue weighted by Gasteiger charge is -2.20. The molecule has 0 aromatic rings. The van der Waals surface area contributed by atoms with Crippen molar-refractivity contribution >= 4 is 5.91 Å². The van der Waals surface area contributed by atoms with Crippen molar-refractivity contribution in [3.8, 4) is 0 Å². The summed E-state index contributed by atoms with van der Waals surface area (Å²) in [5.41, 5.74) is 5.22. The van der Waals surface area contributed by atoms with Crippen LogP contribution >= 0.6 is 0 Å². The van der Waals surface area contributed by atoms with E-state index in [0.717, 1.165) is 12.8 Å². The highest BCUT2D eigenvalue weighted by Gasteiger charge is 2.15. The van der Waals surface area contributed by atoms with E-state index in [1.807, 2.05) is 13.8 Å². The molecule has 0 spiro atoms. The summed E-state index contributed by atoms with van der Waals surface area (Å²) in [6.07, 6.45) is 1.35. The second-order valence-electron chi connectivity index (χ2n) is 3.79. The predicted octanol–water partition coefficient (Wildman–Crippen LogP) is -0.125. The molecule has 1 unspecified atom stereocenters. The number of amides is 1. The van der Waals surface area contributed by atoms with Crippen LogP contribution < -0.4 is 11.1 Å². The minimum absolute atomic E-state index is 0.00678. The molecular weight excluding hydrogens is 208 g/mol. The largest absolute Gasteiger partial charge is 0.391 e. The van der Waals surface area contributed by atoms with Crippen molar-refractivity contribution in [3.63, 3.8) is 0 Å². The number of aliphatic hydroxyl groups excluding tert-OH is 1. The molecule has 0 aliphatic carbocycles. The molecule has 0 aromatic heterocycles. The first-order chi connectivity index (χ1) is 7.65. The zero-order valence-electron chi connectivity index (χ0n) is 10.2. The lowest BCUT2D eigenvalue weighted by Crippen LogP contribution is -2.38. The van der Waals surface area contributed by atoms with Crippen LogP contribution in [0.25, 0.3) is 0 Å². The summed E-state index contributed by atoms with van der Waals surface area (Å²) in [5, 5.41) is 12.4. The highest BCUT2D eigenvalue weighted by atomic mass is 16.5. The zero-order valence-corrected chi connectivity index (χ0v) is 10.2. The number of hydrogen-bond acceptors (Lipinski definition) is 4. The predicted molar refractivity (Wildman–Crippen MR) is 63.0 cm³/mol. The van der Waals surface area contributed by atoms with Crippen LogP contribution in [0.5, 0.6) is 0 Å². The third-order valence-electron chi connectivity index (χ3n) is 2.60. The first-order valence-electron chi connectivity index (χ1n) is 5.88. The van der Waals surface area contributed by atoms with Crippen molar-refractivity contribution < 1.29 is 14.6 Å². The summed E-state index contributed by atoms with van der Waals surface area (Å²) < 4.78 is 4.97. The lowest BCUT2D eigenvalue weighted by atomic mass is 9.97. The molecule has 0 aliphatic rings. The molecule has 1 atom stereocenters. The van der Waals surface area contributed by atoms with Crippen LogP contribution in [0.2, 0.25) is 0 Å². The number of rotatable bonds is 9. The molecule has 0 saturated heterocycles. The average Bonchev–Trinajstić information content (AvgIpc) is 2.28. The van der Waals surface area contributed by atoms with Crippen LogP contribution in [0.15, 0.2) is 0 Å². The first-order valence-corrected chi connectivity index (χ1v) is 5.88. The van der Waals surface area contributed by atoms with E-state index in [-0.39, 0.29) is 25.0 Å². The molecule has 5 nitrogen and oxygen atoms in total. The van der Waals surface area contributed by atoms with Gasteiger partial charge in [0.25, 0.3) is 0 Å². The fourth-order valence-electron chi connectivity index (χ4n) is 1.52. The molecule has 0 heterocycles. The summed E-state index contributed by atoms with van der Waals surface area (Å²) in [4.78, 5) is 11.2. The Kier molecular flexibility index (Phi) is 9.18. The van der Waals surface area contributed by atoms with E-state index in [0.29, 0.717) is 13.2 Å². The first kappa shape index (κ1) is 15.3. The summed E-state index contributed by atoms with van der Waals surface area (Å²) in [7, 11) is 0. The van der Waals surface area contributed by atoms with Crippen LogP contribution in [0.3, 0.4) is 0 Å². The van der Waals surface area contributed by atoms with Crippen LogP contribution in [0.4, 0.5) is 0 Å². The van der Waals surface area contributed by atoms with Gasteiger partial charge in [-0.05, 0) is 5.92 Å². The fraction of sp³-hybridized carbons (Fsp3) is 0.909. The third-order valence-corrected chi connectivity index (χ3v) is 2.60. The number of hydrogen-bond donors (Lipinski definition) is 3. The number of nitrogens with one attached hydrogen (secondary N) is 1. The van der Waals surface area contributed by atoms with Crippen molar-refractivity contribution in [3.05, 3.63) is 0 Å². The van der Waals surface area contributed by atoms with Gasteiger partial charge in [-0.1, -0.05) is 26.7 Å². The zero-order chi connectivity index (χ0) is 12.4. The monoisotopic (exact) mass is 232 g/mol. The van der Waals surface area contributed by atoms with Crippen LogP contribution in [0, 0.1) is 5.92 Å². The van der Waals surface area contributed by atoms with Crippen molar-refractivity contribution in [1.29, 1.82) is 0 Å². The second kappa shape index (κ2) is 9.57. The summed E-state index contributed by atoms with van der Waals surface area (Å²) in [6.45, 7) is 5.14. The highest BCUT2D eigenvalue weighted by Crippen LogP contribution is 2.11. The Morgan fingerprint density at radius 2 is 2.06 bits per heavy atom. The number of carbonyl (C=O) groups is 1. The van der Waals surface area contributed by atoms with Gasteiger partial charge in [0.05, 0.1) is 12.7 Å². The Morgan fingerprint density at radius 3 is 2.56 bits per heavy atom. The molecule has 1 amide bonds. The average molecular weight is 232 g/mol. The molecule has 0 saturated carbocycles. The van der Waals surface area contributed by atoms with E-state index in [9.17, 15) is 9.90 Å². The molecule has 4 N–H and O–H groups in total. The SMILES string of the molecule is CCC(CC)C(O)CNC(=O)COCCN. The van der Waals surface area contributed by atoms with Gasteiger partial charge in [-0.25, -0.2) is 0 Å². The van der Waals surface area contributed by atoms with Crippen molar-refractivity contribution in [2.75, 3.05) is 26.3 Å². The minimum Gasteiger partial charge on any atom is -0.391 e. The molecular formula is C11H24N2O3. The molecule has 0 fully saturated rings. The van der Waals surface area contributed by atoms with Crippen LogP contribution in [0.1, 0.15) is 26.7 Å². The van der Waals surface area contributed by atoms with Gasteiger partial charge in [-0.2, -0.15) is 0 Å². The van der Waals surface area contributed by atoms with Gasteiger partial charge in [-0.15, -0.1) is 0 Å². The number of carbonyl (C=O) groups excluding carboxylic acids is 1.